The van der Waals surface area contributed by atoms with E-state index in [0.29, 0.717) is 0 Å². The molecule has 1 aliphatic heterocycles. The molecular weight excluding hydrogens is 292 g/mol. The lowest BCUT2D eigenvalue weighted by Gasteiger charge is -2.25. The van der Waals surface area contributed by atoms with Crippen LogP contribution in [0.4, 0.5) is 5.69 Å². The van der Waals surface area contributed by atoms with E-state index in [1.54, 1.807) is 0 Å². The molecule has 1 aliphatic rings. The summed E-state index contributed by atoms with van der Waals surface area (Å²) >= 11 is 3.50. The third-order valence-corrected chi connectivity index (χ3v) is 3.80. The molecule has 2 rings (SSSR count). The number of nitrogens with zero attached hydrogens (tertiary/aromatic N) is 2. The van der Waals surface area contributed by atoms with Crippen molar-refractivity contribution in [3.05, 3.63) is 28.2 Å². The zero-order valence-electron chi connectivity index (χ0n) is 10.6. The van der Waals surface area contributed by atoms with Gasteiger partial charge in [0.2, 0.25) is 0 Å². The first-order valence-electron chi connectivity index (χ1n) is 6.15. The second kappa shape index (κ2) is 5.71. The van der Waals surface area contributed by atoms with Crippen LogP contribution in [0.1, 0.15) is 12.0 Å². The summed E-state index contributed by atoms with van der Waals surface area (Å²) in [6.07, 6.45) is 1.14. The van der Waals surface area contributed by atoms with Crippen LogP contribution in [0.2, 0.25) is 0 Å². The Hall–Kier alpha value is -1.07. The maximum Gasteiger partial charge on any atom is 0.124 e. The fourth-order valence-electron chi connectivity index (χ4n) is 2.28. The number of likely N-dealkylation sites (N-methyl/N-ethyl adjacent to an activating group) is 1. The number of nitrogens with two attached hydrogens (primary N) is 1. The van der Waals surface area contributed by atoms with Crippen LogP contribution in [-0.4, -0.2) is 44.0 Å². The third-order valence-electron chi connectivity index (χ3n) is 3.31. The number of amidine groups is 1. The molecule has 1 heterocycles. The monoisotopic (exact) mass is 310 g/mol. The summed E-state index contributed by atoms with van der Waals surface area (Å²) < 4.78 is 1.03. The predicted octanol–water partition coefficient (Wildman–Crippen LogP) is 1.88. The summed E-state index contributed by atoms with van der Waals surface area (Å²) in [5.41, 5.74) is 7.55. The minimum absolute atomic E-state index is 0.134. The van der Waals surface area contributed by atoms with E-state index in [0.717, 1.165) is 48.3 Å². The molecule has 4 nitrogen and oxygen atoms in total. The summed E-state index contributed by atoms with van der Waals surface area (Å²) in [7, 11) is 2.15. The number of hydrogen-bond acceptors (Lipinski definition) is 3. The van der Waals surface area contributed by atoms with Gasteiger partial charge in [-0.1, -0.05) is 15.9 Å². The van der Waals surface area contributed by atoms with Gasteiger partial charge in [0.15, 0.2) is 0 Å². The van der Waals surface area contributed by atoms with Gasteiger partial charge in [-0.2, -0.15) is 0 Å². The molecule has 0 aromatic heterocycles. The van der Waals surface area contributed by atoms with Crippen LogP contribution in [0.3, 0.4) is 0 Å². The number of anilines is 1. The van der Waals surface area contributed by atoms with Crippen LogP contribution in [0.5, 0.6) is 0 Å². The van der Waals surface area contributed by atoms with E-state index in [2.05, 4.69) is 38.8 Å². The van der Waals surface area contributed by atoms with Crippen molar-refractivity contribution in [3.63, 3.8) is 0 Å². The number of nitrogen functional groups attached to an aromatic ring is 1. The molecular formula is C13H19BrN4. The average Bonchev–Trinajstić information content (AvgIpc) is 2.53. The van der Waals surface area contributed by atoms with Crippen molar-refractivity contribution >= 4 is 27.5 Å². The Morgan fingerprint density at radius 1 is 1.28 bits per heavy atom. The van der Waals surface area contributed by atoms with Crippen molar-refractivity contribution in [2.75, 3.05) is 38.1 Å². The van der Waals surface area contributed by atoms with Crippen LogP contribution in [-0.2, 0) is 0 Å². The van der Waals surface area contributed by atoms with E-state index in [1.165, 1.54) is 0 Å². The number of nitrogens with one attached hydrogen (secondary N) is 1. The highest BCUT2D eigenvalue weighted by atomic mass is 79.9. The Labute approximate surface area is 116 Å². The minimum atomic E-state index is 0.134. The maximum atomic E-state index is 7.69. The molecule has 0 aliphatic carbocycles. The van der Waals surface area contributed by atoms with Crippen LogP contribution in [0.15, 0.2) is 22.7 Å². The van der Waals surface area contributed by atoms with Gasteiger partial charge < -0.3 is 15.5 Å². The molecule has 1 fully saturated rings. The van der Waals surface area contributed by atoms with E-state index < -0.39 is 0 Å². The van der Waals surface area contributed by atoms with E-state index in [4.69, 9.17) is 11.1 Å². The molecule has 0 spiro atoms. The Balaban J connectivity index is 2.30. The Kier molecular flexibility index (Phi) is 4.24. The molecule has 1 saturated heterocycles. The number of rotatable bonds is 2. The molecule has 0 unspecified atom stereocenters. The molecule has 18 heavy (non-hydrogen) atoms. The second-order valence-corrected chi connectivity index (χ2v) is 5.63. The van der Waals surface area contributed by atoms with Gasteiger partial charge in [-0.25, -0.2) is 0 Å². The SMILES string of the molecule is CN1CCCN(c2cc(Br)ccc2C(=N)N)CC1. The van der Waals surface area contributed by atoms with Gasteiger partial charge in [0.1, 0.15) is 5.84 Å². The smallest absolute Gasteiger partial charge is 0.124 e. The highest BCUT2D eigenvalue weighted by Gasteiger charge is 2.16. The largest absolute Gasteiger partial charge is 0.384 e. The van der Waals surface area contributed by atoms with Crippen LogP contribution < -0.4 is 10.6 Å². The molecule has 3 N–H and O–H groups in total. The average molecular weight is 311 g/mol. The quantitative estimate of drug-likeness (QED) is 0.648. The van der Waals surface area contributed by atoms with Gasteiger partial charge in [-0.05, 0) is 38.2 Å². The molecule has 0 saturated carbocycles. The molecule has 5 heteroatoms. The van der Waals surface area contributed by atoms with Gasteiger partial charge in [0.05, 0.1) is 0 Å². The zero-order valence-corrected chi connectivity index (χ0v) is 12.2. The molecule has 0 amide bonds. The van der Waals surface area contributed by atoms with Crippen LogP contribution >= 0.6 is 15.9 Å². The zero-order chi connectivity index (χ0) is 13.1. The summed E-state index contributed by atoms with van der Waals surface area (Å²) in [4.78, 5) is 4.66. The Bertz CT molecular complexity index is 447. The lowest BCUT2D eigenvalue weighted by atomic mass is 10.1. The Morgan fingerprint density at radius 3 is 2.78 bits per heavy atom. The van der Waals surface area contributed by atoms with Crippen molar-refractivity contribution in [3.8, 4) is 0 Å². The van der Waals surface area contributed by atoms with Crippen molar-refractivity contribution in [2.24, 2.45) is 5.73 Å². The van der Waals surface area contributed by atoms with E-state index in [-0.39, 0.29) is 5.84 Å². The molecule has 1 aromatic rings. The predicted molar refractivity (Wildman–Crippen MR) is 79.5 cm³/mol. The minimum Gasteiger partial charge on any atom is -0.384 e. The lowest BCUT2D eigenvalue weighted by Crippen LogP contribution is -2.30. The van der Waals surface area contributed by atoms with E-state index in [9.17, 15) is 0 Å². The van der Waals surface area contributed by atoms with Gasteiger partial charge in [-0.3, -0.25) is 5.41 Å². The fourth-order valence-corrected chi connectivity index (χ4v) is 2.63. The van der Waals surface area contributed by atoms with Gasteiger partial charge in [0, 0.05) is 35.4 Å². The lowest BCUT2D eigenvalue weighted by molar-refractivity contribution is 0.360. The van der Waals surface area contributed by atoms with Crippen molar-refractivity contribution < 1.29 is 0 Å². The van der Waals surface area contributed by atoms with E-state index in [1.807, 2.05) is 12.1 Å². The number of hydrogen-bond donors (Lipinski definition) is 2. The fraction of sp³-hybridized carbons (Fsp3) is 0.462. The molecule has 98 valence electrons. The van der Waals surface area contributed by atoms with Gasteiger partial charge >= 0.3 is 0 Å². The van der Waals surface area contributed by atoms with Crippen molar-refractivity contribution in [1.82, 2.24) is 4.90 Å². The highest BCUT2D eigenvalue weighted by Crippen LogP contribution is 2.25. The Morgan fingerprint density at radius 2 is 2.06 bits per heavy atom. The standard InChI is InChI=1S/C13H19BrN4/c1-17-5-2-6-18(8-7-17)12-9-10(14)3-4-11(12)13(15)16/h3-4,9H,2,5-8H2,1H3,(H3,15,16). The third kappa shape index (κ3) is 3.03. The van der Waals surface area contributed by atoms with Crippen LogP contribution in [0, 0.1) is 5.41 Å². The molecule has 0 radical (unpaired) electrons. The summed E-state index contributed by atoms with van der Waals surface area (Å²) in [5.74, 6) is 0.134. The number of benzene rings is 1. The van der Waals surface area contributed by atoms with Crippen LogP contribution in [0.25, 0.3) is 0 Å². The van der Waals surface area contributed by atoms with Gasteiger partial charge in [-0.15, -0.1) is 0 Å². The normalized spacial score (nSPS) is 17.6. The first kappa shape index (κ1) is 13.4. The van der Waals surface area contributed by atoms with E-state index >= 15 is 0 Å². The van der Waals surface area contributed by atoms with Crippen molar-refractivity contribution in [2.45, 2.75) is 6.42 Å². The first-order chi connectivity index (χ1) is 8.58. The molecule has 0 bridgehead atoms. The summed E-state index contributed by atoms with van der Waals surface area (Å²) in [6, 6.07) is 5.91. The first-order valence-corrected chi connectivity index (χ1v) is 6.94. The number of halogens is 1. The van der Waals surface area contributed by atoms with Gasteiger partial charge in [0.25, 0.3) is 0 Å². The molecule has 1 aromatic carbocycles. The molecule has 0 atom stereocenters. The summed E-state index contributed by atoms with van der Waals surface area (Å²) in [5, 5.41) is 7.69. The topological polar surface area (TPSA) is 56.4 Å². The second-order valence-electron chi connectivity index (χ2n) is 4.72. The van der Waals surface area contributed by atoms with Crippen molar-refractivity contribution in [1.29, 1.82) is 5.41 Å². The maximum absolute atomic E-state index is 7.69. The summed E-state index contributed by atoms with van der Waals surface area (Å²) in [6.45, 7) is 4.16. The highest BCUT2D eigenvalue weighted by molar-refractivity contribution is 9.10.